The van der Waals surface area contributed by atoms with Gasteiger partial charge in [0.2, 0.25) is 5.88 Å². The van der Waals surface area contributed by atoms with Gasteiger partial charge in [-0.1, -0.05) is 152 Å². The highest BCUT2D eigenvalue weighted by Crippen LogP contribution is 2.45. The molecule has 139 heavy (non-hydrogen) atoms. The van der Waals surface area contributed by atoms with Crippen molar-refractivity contribution in [2.45, 2.75) is 411 Å². The molecule has 25 nitrogen and oxygen atoms in total. The minimum absolute atomic E-state index is 0.159. The Morgan fingerprint density at radius 2 is 0.863 bits per heavy atom. The number of carbonyl (C=O) groups excluding carboxylic acids is 1. The van der Waals surface area contributed by atoms with Crippen molar-refractivity contribution >= 4 is 11.7 Å². The first kappa shape index (κ1) is 111. The first-order valence-corrected chi connectivity index (χ1v) is 52.6. The van der Waals surface area contributed by atoms with E-state index in [0.29, 0.717) is 94.6 Å². The molecule has 758 valence electrons. The van der Waals surface area contributed by atoms with E-state index >= 15 is 0 Å². The van der Waals surface area contributed by atoms with E-state index in [1.165, 1.54) is 123 Å². The summed E-state index contributed by atoms with van der Waals surface area (Å²) >= 11 is 0. The van der Waals surface area contributed by atoms with Crippen LogP contribution in [-0.2, 0) is 12.0 Å². The molecule has 1 amide bonds. The molecule has 10 aromatic rings. The van der Waals surface area contributed by atoms with E-state index in [2.05, 4.69) is 263 Å². The Labute approximate surface area is 834 Å². The molecule has 6 saturated carbocycles. The predicted molar refractivity (Wildman–Crippen MR) is 563 cm³/mol. The SMILES string of the molecule is CC(C)c1cc(C2CC2)nc(C2CC2)n1.CC(C)c1cc(N2CCN(C)CC2)nc(C2CC2)n1.CC(C)c1n[nH]c2c1OCCC2.COc1cc(C(C)C)nc(C2CC2)n1.Cc1cc(C(=O)N2CCC(C)C2)cc(C(C)C)n1.Cc1cc(C(C)(C)O)cc(C(C)C)n1.Cc1cc(C(C)C)nc(C)n1.Cc1cc(C(C)C)nc(C2CCC2)n1.Cc1cnc(C(C)C)[nH]1.Cc1nc(C(C)C)cc(C2CC2)n1. The lowest BCUT2D eigenvalue weighted by atomic mass is 9.84. The lowest BCUT2D eigenvalue weighted by molar-refractivity contribution is 0.0778. The van der Waals surface area contributed by atoms with Gasteiger partial charge in [0, 0.05) is 190 Å². The summed E-state index contributed by atoms with van der Waals surface area (Å²) < 4.78 is 10.7. The molecule has 10 aromatic heterocycles. The van der Waals surface area contributed by atoms with Crippen LogP contribution in [0.1, 0.15) is 504 Å². The number of pyridine rings is 2. The van der Waals surface area contributed by atoms with Crippen LogP contribution in [0.15, 0.2) is 66.9 Å². The third kappa shape index (κ3) is 35.6. The van der Waals surface area contributed by atoms with Crippen LogP contribution >= 0.6 is 0 Å². The fraction of sp³-hybridized carbons (Fsp3) is 0.640. The summed E-state index contributed by atoms with van der Waals surface area (Å²) in [5.41, 5.74) is 20.1. The van der Waals surface area contributed by atoms with E-state index in [4.69, 9.17) is 29.4 Å². The maximum atomic E-state index is 12.4. The zero-order valence-corrected chi connectivity index (χ0v) is 91.1. The Balaban J connectivity index is 0.000000160. The van der Waals surface area contributed by atoms with Crippen LogP contribution in [0.5, 0.6) is 11.6 Å². The number of hydrogen-bond acceptors (Lipinski definition) is 22. The van der Waals surface area contributed by atoms with Crippen LogP contribution in [0, 0.1) is 54.4 Å². The highest BCUT2D eigenvalue weighted by molar-refractivity contribution is 5.94. The minimum atomic E-state index is -0.780. The zero-order valence-electron chi connectivity index (χ0n) is 91.1. The second-order valence-corrected chi connectivity index (χ2v) is 44.0. The largest absolute Gasteiger partial charge is 0.490 e. The van der Waals surface area contributed by atoms with Crippen molar-refractivity contribution in [1.29, 1.82) is 0 Å². The van der Waals surface area contributed by atoms with Gasteiger partial charge < -0.3 is 34.3 Å². The second kappa shape index (κ2) is 51.6. The van der Waals surface area contributed by atoms with E-state index < -0.39 is 5.60 Å². The van der Waals surface area contributed by atoms with Crippen LogP contribution in [0.3, 0.4) is 0 Å². The zero-order chi connectivity index (χ0) is 102. The quantitative estimate of drug-likeness (QED) is 0.0638. The number of likely N-dealkylation sites (tertiary alicyclic amines) is 1. The number of ether oxygens (including phenoxy) is 2. The van der Waals surface area contributed by atoms with Crippen LogP contribution in [0.2, 0.25) is 0 Å². The normalized spacial score (nSPS) is 16.7. The van der Waals surface area contributed by atoms with Gasteiger partial charge in [-0.25, -0.2) is 59.8 Å². The number of amides is 1. The third-order valence-corrected chi connectivity index (χ3v) is 26.1. The number of piperazine rings is 1. The van der Waals surface area contributed by atoms with Crippen molar-refractivity contribution in [3.05, 3.63) is 216 Å². The molecule has 1 unspecified atom stereocenters. The molecule has 1 atom stereocenters. The van der Waals surface area contributed by atoms with Crippen molar-refractivity contribution in [1.82, 2.24) is 99.7 Å². The Kier molecular flexibility index (Phi) is 41.2. The van der Waals surface area contributed by atoms with Gasteiger partial charge in [0.15, 0.2) is 5.75 Å². The Bertz CT molecular complexity index is 5370. The molecule has 9 aliphatic rings. The van der Waals surface area contributed by atoms with E-state index in [1.54, 1.807) is 21.0 Å². The number of likely N-dealkylation sites (N-methyl/N-ethyl adjacent to an activating group) is 1. The standard InChI is InChI=1S/C15H24N4.C15H22N2O.C13H18N2.C12H18N2.C12H19NO.C11H16N2O.C11H16N2.C9H14N2O.C9H14N2.C7H12N2/c1-11(2)13-10-14(17-15(16-13)12-4-5-12)19-8-6-18(3)7-9-19;1-10(2)14-8-13(7-12(4)16-14)15(18)17-6-5-11(3)9-17;1-8(2)11-7-12(9-3-4-9)15-13(14-11)10-5-6-10;1-8(2)11-7-9(3)13-12(14-11)10-5-4-6-10;1-8(2)11-7-10(12(4,5)14)6-9(3)13-11;1-7(2)9-6-10(14-3)13-11(12-9)8-4-5-8;1-7(2)10-6-11(9-4-5-9)13-8(3)12-10;1-6(2)8-9-7(10-11-8)4-3-5-12-9;1-6(2)9-5-7(3)10-8(4)11-9;1-5(2)7-8-4-6(3)9-7/h10-12H,4-9H2,1-3H3;7-8,10-11H,5-6,9H2,1-4H3;7-10H,3-6H2,1-2H3;7-8,10H,4-6H2,1-3H3;6-8,14H,1-5H3;6-8H,4-5H2,1-3H3;6-7,9H,4-5H2,1-3H3;6H,3-5H2,1-2H3,(H,10,11);5-6H,1-4H3;4-5H,1-3H3,(H,8,9). The number of aliphatic hydroxyl groups is 1. The van der Waals surface area contributed by atoms with E-state index in [1.807, 2.05) is 89.0 Å². The molecular formula is C114H173N21O4. The molecule has 8 fully saturated rings. The lowest BCUT2D eigenvalue weighted by Gasteiger charge is -2.33. The highest BCUT2D eigenvalue weighted by Gasteiger charge is 2.35. The van der Waals surface area contributed by atoms with Crippen molar-refractivity contribution < 1.29 is 19.4 Å². The maximum absolute atomic E-state index is 12.4. The summed E-state index contributed by atoms with van der Waals surface area (Å²) in [6.45, 7) is 69.8. The number of nitrogens with one attached hydrogen (secondary N) is 2. The first-order chi connectivity index (χ1) is 65.8. The summed E-state index contributed by atoms with van der Waals surface area (Å²) in [6, 6.07) is 20.4. The van der Waals surface area contributed by atoms with Crippen LogP contribution in [0.4, 0.5) is 5.82 Å². The van der Waals surface area contributed by atoms with E-state index in [0.717, 1.165) is 197 Å². The van der Waals surface area contributed by atoms with Gasteiger partial charge in [0.25, 0.3) is 5.91 Å². The Morgan fingerprint density at radius 1 is 0.432 bits per heavy atom. The molecule has 2 saturated heterocycles. The average molecular weight is 1900 g/mol. The molecule has 3 N–H and O–H groups in total. The molecule has 19 rings (SSSR count). The Hall–Kier alpha value is -10.0. The summed E-state index contributed by atoms with van der Waals surface area (Å²) in [7, 11) is 3.84. The third-order valence-electron chi connectivity index (χ3n) is 26.1. The average Bonchev–Trinajstić information content (AvgIpc) is 1.64. The molecule has 6 aliphatic carbocycles. The molecule has 0 bridgehead atoms. The number of aromatic amines is 2. The van der Waals surface area contributed by atoms with Crippen LogP contribution in [-0.4, -0.2) is 171 Å². The Morgan fingerprint density at radius 3 is 1.31 bits per heavy atom. The van der Waals surface area contributed by atoms with Crippen molar-refractivity contribution in [2.24, 2.45) is 5.92 Å². The van der Waals surface area contributed by atoms with Crippen LogP contribution in [0.25, 0.3) is 0 Å². The number of aromatic nitrogens is 18. The first-order valence-electron chi connectivity index (χ1n) is 52.6. The smallest absolute Gasteiger partial charge is 0.253 e. The fourth-order valence-corrected chi connectivity index (χ4v) is 16.1. The number of rotatable bonds is 20. The fourth-order valence-electron chi connectivity index (χ4n) is 16.1. The van der Waals surface area contributed by atoms with Gasteiger partial charge in [-0.2, -0.15) is 10.1 Å². The second-order valence-electron chi connectivity index (χ2n) is 44.0. The summed E-state index contributed by atoms with van der Waals surface area (Å²) in [6.07, 6.45) is 21.9. The van der Waals surface area contributed by atoms with Crippen LogP contribution < -0.4 is 14.4 Å². The van der Waals surface area contributed by atoms with Gasteiger partial charge in [-0.3, -0.25) is 19.9 Å². The van der Waals surface area contributed by atoms with Gasteiger partial charge in [0.1, 0.15) is 52.3 Å². The summed E-state index contributed by atoms with van der Waals surface area (Å²) in [4.78, 5) is 89.9. The highest BCUT2D eigenvalue weighted by atomic mass is 16.5. The predicted octanol–water partition coefficient (Wildman–Crippen LogP) is 25.7. The van der Waals surface area contributed by atoms with Crippen molar-refractivity contribution in [2.75, 3.05) is 64.9 Å². The summed E-state index contributed by atoms with van der Waals surface area (Å²) in [5.74, 6) is 19.5. The van der Waals surface area contributed by atoms with E-state index in [9.17, 15) is 9.90 Å². The number of imidazole rings is 1. The number of anilines is 1. The van der Waals surface area contributed by atoms with E-state index in [-0.39, 0.29) is 5.91 Å². The number of H-pyrrole nitrogens is 2. The molecule has 0 radical (unpaired) electrons. The molecular weight excluding hydrogens is 1730 g/mol. The molecule has 13 heterocycles. The molecule has 25 heteroatoms. The monoisotopic (exact) mass is 1900 g/mol. The number of fused-ring (bicyclic) bond motifs is 1. The van der Waals surface area contributed by atoms with Gasteiger partial charge in [-0.05, 0) is 273 Å². The number of carbonyl (C=O) groups is 1. The number of nitrogens with zero attached hydrogens (tertiary/aromatic N) is 19. The number of hydrogen-bond donors (Lipinski definition) is 3. The minimum Gasteiger partial charge on any atom is -0.490 e. The maximum Gasteiger partial charge on any atom is 0.253 e. The van der Waals surface area contributed by atoms with Crippen molar-refractivity contribution in [3.8, 4) is 11.6 Å². The lowest BCUT2D eigenvalue weighted by Crippen LogP contribution is -2.45. The topological polar surface area (TPSA) is 303 Å². The number of aryl methyl sites for hydroxylation is 8. The van der Waals surface area contributed by atoms with Gasteiger partial charge >= 0.3 is 0 Å². The molecule has 0 aromatic carbocycles. The summed E-state index contributed by atoms with van der Waals surface area (Å²) in [5, 5.41) is 17.2. The van der Waals surface area contributed by atoms with Gasteiger partial charge in [-0.15, -0.1) is 0 Å². The van der Waals surface area contributed by atoms with Crippen molar-refractivity contribution in [3.63, 3.8) is 0 Å². The molecule has 3 aliphatic heterocycles. The number of methoxy groups -OCH3 is 1. The van der Waals surface area contributed by atoms with Gasteiger partial charge in [0.05, 0.1) is 30.7 Å². The molecule has 0 spiro atoms.